The SMILES string of the molecule is CCC1NC(C(C)C)C(=O)N1C(COC)C(C)C. The average Bonchev–Trinajstić information content (AvgIpc) is 2.63. The highest BCUT2D eigenvalue weighted by Gasteiger charge is 2.43. The molecule has 0 radical (unpaired) electrons. The molecule has 1 aliphatic rings. The zero-order valence-electron chi connectivity index (χ0n) is 12.6. The lowest BCUT2D eigenvalue weighted by molar-refractivity contribution is -0.135. The molecule has 18 heavy (non-hydrogen) atoms. The van der Waals surface area contributed by atoms with Gasteiger partial charge in [-0.05, 0) is 18.3 Å². The molecule has 106 valence electrons. The summed E-state index contributed by atoms with van der Waals surface area (Å²) in [7, 11) is 1.70. The molecule has 1 N–H and O–H groups in total. The molecule has 3 unspecified atom stereocenters. The molecule has 1 rings (SSSR count). The molecule has 1 saturated heterocycles. The van der Waals surface area contributed by atoms with Gasteiger partial charge in [-0.15, -0.1) is 0 Å². The van der Waals surface area contributed by atoms with Crippen LogP contribution in [0.2, 0.25) is 0 Å². The number of carbonyl (C=O) groups is 1. The minimum Gasteiger partial charge on any atom is -0.383 e. The monoisotopic (exact) mass is 256 g/mol. The number of carbonyl (C=O) groups excluding carboxylic acids is 1. The number of nitrogens with zero attached hydrogens (tertiary/aromatic N) is 1. The molecule has 1 aliphatic heterocycles. The summed E-state index contributed by atoms with van der Waals surface area (Å²) < 4.78 is 5.29. The number of ether oxygens (including phenoxy) is 1. The van der Waals surface area contributed by atoms with Crippen molar-refractivity contribution in [3.05, 3.63) is 0 Å². The van der Waals surface area contributed by atoms with Gasteiger partial charge in [0.2, 0.25) is 5.91 Å². The zero-order valence-corrected chi connectivity index (χ0v) is 12.6. The molecule has 0 aromatic rings. The zero-order chi connectivity index (χ0) is 13.9. The van der Waals surface area contributed by atoms with Crippen molar-refractivity contribution in [3.8, 4) is 0 Å². The summed E-state index contributed by atoms with van der Waals surface area (Å²) in [5, 5.41) is 3.45. The molecular weight excluding hydrogens is 228 g/mol. The summed E-state index contributed by atoms with van der Waals surface area (Å²) >= 11 is 0. The fourth-order valence-electron chi connectivity index (χ4n) is 2.62. The highest BCUT2D eigenvalue weighted by atomic mass is 16.5. The second-order valence-electron chi connectivity index (χ2n) is 5.82. The van der Waals surface area contributed by atoms with E-state index in [1.54, 1.807) is 7.11 Å². The lowest BCUT2D eigenvalue weighted by Gasteiger charge is -2.34. The highest BCUT2D eigenvalue weighted by molar-refractivity contribution is 5.85. The molecule has 0 saturated carbocycles. The van der Waals surface area contributed by atoms with Crippen LogP contribution in [0.5, 0.6) is 0 Å². The number of methoxy groups -OCH3 is 1. The van der Waals surface area contributed by atoms with Crippen LogP contribution in [0.15, 0.2) is 0 Å². The molecular formula is C14H28N2O2. The van der Waals surface area contributed by atoms with Gasteiger partial charge in [0.25, 0.3) is 0 Å². The van der Waals surface area contributed by atoms with E-state index >= 15 is 0 Å². The summed E-state index contributed by atoms with van der Waals surface area (Å²) in [5.41, 5.74) is 0. The second-order valence-corrected chi connectivity index (χ2v) is 5.82. The largest absolute Gasteiger partial charge is 0.383 e. The third-order valence-electron chi connectivity index (χ3n) is 3.75. The van der Waals surface area contributed by atoms with E-state index in [9.17, 15) is 4.79 Å². The van der Waals surface area contributed by atoms with Crippen LogP contribution in [0.1, 0.15) is 41.0 Å². The fourth-order valence-corrected chi connectivity index (χ4v) is 2.62. The van der Waals surface area contributed by atoms with Gasteiger partial charge in [0.05, 0.1) is 24.9 Å². The number of amides is 1. The van der Waals surface area contributed by atoms with Crippen molar-refractivity contribution >= 4 is 5.91 Å². The first kappa shape index (κ1) is 15.4. The van der Waals surface area contributed by atoms with Crippen molar-refractivity contribution in [1.29, 1.82) is 0 Å². The molecule has 0 aromatic heterocycles. The van der Waals surface area contributed by atoms with E-state index in [0.29, 0.717) is 18.4 Å². The van der Waals surface area contributed by atoms with Crippen LogP contribution in [0.3, 0.4) is 0 Å². The van der Waals surface area contributed by atoms with Crippen LogP contribution in [-0.2, 0) is 9.53 Å². The van der Waals surface area contributed by atoms with Crippen LogP contribution in [0.4, 0.5) is 0 Å². The molecule has 0 aromatic carbocycles. The van der Waals surface area contributed by atoms with Crippen LogP contribution in [0.25, 0.3) is 0 Å². The van der Waals surface area contributed by atoms with Gasteiger partial charge in [0.1, 0.15) is 0 Å². The Labute approximate surface area is 111 Å². The first-order valence-corrected chi connectivity index (χ1v) is 7.01. The molecule has 1 heterocycles. The van der Waals surface area contributed by atoms with E-state index in [2.05, 4.69) is 39.9 Å². The van der Waals surface area contributed by atoms with Crippen LogP contribution >= 0.6 is 0 Å². The van der Waals surface area contributed by atoms with Gasteiger partial charge in [-0.3, -0.25) is 10.1 Å². The van der Waals surface area contributed by atoms with E-state index in [4.69, 9.17) is 4.74 Å². The van der Waals surface area contributed by atoms with Crippen LogP contribution in [0, 0.1) is 11.8 Å². The standard InChI is InChI=1S/C14H28N2O2/c1-7-12-15-13(10(4)5)14(17)16(12)11(8-18-6)9(2)3/h9-13,15H,7-8H2,1-6H3. The van der Waals surface area contributed by atoms with Gasteiger partial charge < -0.3 is 9.64 Å². The maximum Gasteiger partial charge on any atom is 0.241 e. The van der Waals surface area contributed by atoms with Gasteiger partial charge in [-0.2, -0.15) is 0 Å². The van der Waals surface area contributed by atoms with Crippen molar-refractivity contribution in [2.75, 3.05) is 13.7 Å². The third-order valence-corrected chi connectivity index (χ3v) is 3.75. The normalized spacial score (nSPS) is 26.4. The van der Waals surface area contributed by atoms with E-state index in [-0.39, 0.29) is 24.2 Å². The molecule has 4 heteroatoms. The first-order valence-electron chi connectivity index (χ1n) is 7.01. The topological polar surface area (TPSA) is 41.6 Å². The quantitative estimate of drug-likeness (QED) is 0.788. The maximum atomic E-state index is 12.5. The Morgan fingerprint density at radius 2 is 1.94 bits per heavy atom. The Bertz CT molecular complexity index is 279. The number of hydrogen-bond donors (Lipinski definition) is 1. The van der Waals surface area contributed by atoms with Crippen LogP contribution < -0.4 is 5.32 Å². The number of nitrogens with one attached hydrogen (secondary N) is 1. The summed E-state index contributed by atoms with van der Waals surface area (Å²) in [6.45, 7) is 11.2. The molecule has 3 atom stereocenters. The predicted octanol–water partition coefficient (Wildman–Crippen LogP) is 1.85. The molecule has 1 amide bonds. The minimum atomic E-state index is -0.0481. The van der Waals surface area contributed by atoms with Crippen molar-refractivity contribution in [3.63, 3.8) is 0 Å². The Balaban J connectivity index is 2.92. The Hall–Kier alpha value is -0.610. The third kappa shape index (κ3) is 3.04. The van der Waals surface area contributed by atoms with Gasteiger partial charge >= 0.3 is 0 Å². The van der Waals surface area contributed by atoms with Crippen molar-refractivity contribution in [2.24, 2.45) is 11.8 Å². The van der Waals surface area contributed by atoms with Gasteiger partial charge in [0.15, 0.2) is 0 Å². The van der Waals surface area contributed by atoms with Gasteiger partial charge in [-0.1, -0.05) is 34.6 Å². The summed E-state index contributed by atoms with van der Waals surface area (Å²) in [6.07, 6.45) is 1.08. The molecule has 1 fully saturated rings. The van der Waals surface area contributed by atoms with Gasteiger partial charge in [0, 0.05) is 7.11 Å². The molecule has 0 bridgehead atoms. The second kappa shape index (κ2) is 6.53. The Kier molecular flexibility index (Phi) is 5.60. The number of hydrogen-bond acceptors (Lipinski definition) is 3. The predicted molar refractivity (Wildman–Crippen MR) is 73.2 cm³/mol. The van der Waals surface area contributed by atoms with Gasteiger partial charge in [-0.25, -0.2) is 0 Å². The first-order chi connectivity index (χ1) is 8.43. The van der Waals surface area contributed by atoms with Crippen molar-refractivity contribution < 1.29 is 9.53 Å². The van der Waals surface area contributed by atoms with Crippen molar-refractivity contribution in [2.45, 2.75) is 59.3 Å². The molecule has 0 aliphatic carbocycles. The molecule has 4 nitrogen and oxygen atoms in total. The van der Waals surface area contributed by atoms with E-state index in [1.165, 1.54) is 0 Å². The van der Waals surface area contributed by atoms with E-state index in [1.807, 2.05) is 4.90 Å². The van der Waals surface area contributed by atoms with Crippen LogP contribution in [-0.4, -0.2) is 42.8 Å². The molecule has 0 spiro atoms. The number of rotatable bonds is 6. The van der Waals surface area contributed by atoms with E-state index in [0.717, 1.165) is 6.42 Å². The maximum absolute atomic E-state index is 12.5. The smallest absolute Gasteiger partial charge is 0.241 e. The van der Waals surface area contributed by atoms with Crippen molar-refractivity contribution in [1.82, 2.24) is 10.2 Å². The Morgan fingerprint density at radius 3 is 2.33 bits per heavy atom. The Morgan fingerprint density at radius 1 is 1.33 bits per heavy atom. The summed E-state index contributed by atoms with van der Waals surface area (Å²) in [5.74, 6) is 0.954. The lowest BCUT2D eigenvalue weighted by atomic mass is 10.0. The lowest BCUT2D eigenvalue weighted by Crippen LogP contribution is -2.49. The summed E-state index contributed by atoms with van der Waals surface area (Å²) in [6, 6.07) is 0.108. The highest BCUT2D eigenvalue weighted by Crippen LogP contribution is 2.24. The average molecular weight is 256 g/mol. The summed E-state index contributed by atoms with van der Waals surface area (Å²) in [4.78, 5) is 14.6. The van der Waals surface area contributed by atoms with E-state index < -0.39 is 0 Å². The fraction of sp³-hybridized carbons (Fsp3) is 0.929. The minimum absolute atomic E-state index is 0.0481.